The van der Waals surface area contributed by atoms with E-state index in [0.717, 1.165) is 38.3 Å². The van der Waals surface area contributed by atoms with Crippen LogP contribution in [0.3, 0.4) is 0 Å². The van der Waals surface area contributed by atoms with E-state index >= 15 is 0 Å². The molecule has 2 rings (SSSR count). The lowest BCUT2D eigenvalue weighted by atomic mass is 9.87. The molecule has 0 radical (unpaired) electrons. The Bertz CT molecular complexity index is 475. The summed E-state index contributed by atoms with van der Waals surface area (Å²) in [4.78, 5) is 2.20. The van der Waals surface area contributed by atoms with Gasteiger partial charge in [-0.25, -0.2) is 0 Å². The van der Waals surface area contributed by atoms with Crippen molar-refractivity contribution in [1.29, 1.82) is 0 Å². The molecule has 1 aromatic carbocycles. The molecule has 0 bridgehead atoms. The largest absolute Gasteiger partial charge is 0.491 e. The minimum Gasteiger partial charge on any atom is -0.491 e. The maximum absolute atomic E-state index is 10.2. The highest BCUT2D eigenvalue weighted by atomic mass is 16.5. The number of aliphatic hydroxyl groups excluding tert-OH is 1. The Morgan fingerprint density at radius 1 is 1.21 bits per heavy atom. The van der Waals surface area contributed by atoms with Crippen LogP contribution in [0.4, 0.5) is 0 Å². The van der Waals surface area contributed by atoms with Crippen LogP contribution in [0.2, 0.25) is 0 Å². The monoisotopic (exact) mass is 335 g/mol. The number of likely N-dealkylation sites (N-methyl/N-ethyl adjacent to an activating group) is 1. The van der Waals surface area contributed by atoms with Crippen LogP contribution < -0.4 is 4.74 Å². The second-order valence-corrected chi connectivity index (χ2v) is 8.02. The van der Waals surface area contributed by atoms with E-state index in [0.29, 0.717) is 19.1 Å². The molecule has 0 amide bonds. The smallest absolute Gasteiger partial charge is 0.119 e. The third-order valence-corrected chi connectivity index (χ3v) is 4.60. The van der Waals surface area contributed by atoms with Gasteiger partial charge in [-0.2, -0.15) is 0 Å². The summed E-state index contributed by atoms with van der Waals surface area (Å²) in [5.41, 5.74) is 1.43. The van der Waals surface area contributed by atoms with Gasteiger partial charge in [0.25, 0.3) is 0 Å². The van der Waals surface area contributed by atoms with Gasteiger partial charge >= 0.3 is 0 Å². The first-order valence-corrected chi connectivity index (χ1v) is 9.02. The van der Waals surface area contributed by atoms with E-state index < -0.39 is 6.10 Å². The van der Waals surface area contributed by atoms with Crippen LogP contribution in [0.1, 0.15) is 39.2 Å². The average molecular weight is 335 g/mol. The van der Waals surface area contributed by atoms with Gasteiger partial charge in [0.05, 0.1) is 0 Å². The zero-order valence-corrected chi connectivity index (χ0v) is 15.6. The van der Waals surface area contributed by atoms with Crippen LogP contribution in [-0.4, -0.2) is 56.1 Å². The van der Waals surface area contributed by atoms with Crippen molar-refractivity contribution < 1.29 is 14.6 Å². The van der Waals surface area contributed by atoms with E-state index in [9.17, 15) is 5.11 Å². The van der Waals surface area contributed by atoms with Crippen molar-refractivity contribution in [2.24, 2.45) is 5.92 Å². The number of hydrogen-bond acceptors (Lipinski definition) is 4. The van der Waals surface area contributed by atoms with Crippen molar-refractivity contribution in [3.8, 4) is 5.75 Å². The fourth-order valence-electron chi connectivity index (χ4n) is 3.10. The molecule has 4 heteroatoms. The quantitative estimate of drug-likeness (QED) is 0.831. The van der Waals surface area contributed by atoms with Crippen LogP contribution in [0, 0.1) is 5.92 Å². The molecule has 1 unspecified atom stereocenters. The van der Waals surface area contributed by atoms with Crippen LogP contribution in [-0.2, 0) is 10.2 Å². The third-order valence-electron chi connectivity index (χ3n) is 4.60. The van der Waals surface area contributed by atoms with Gasteiger partial charge in [-0.3, -0.25) is 0 Å². The molecule has 0 aromatic heterocycles. The predicted molar refractivity (Wildman–Crippen MR) is 97.7 cm³/mol. The van der Waals surface area contributed by atoms with Gasteiger partial charge in [0.1, 0.15) is 18.5 Å². The van der Waals surface area contributed by atoms with E-state index in [1.54, 1.807) is 0 Å². The molecule has 1 heterocycles. The van der Waals surface area contributed by atoms with Crippen molar-refractivity contribution >= 4 is 0 Å². The maximum atomic E-state index is 10.2. The zero-order chi connectivity index (χ0) is 17.6. The molecule has 4 nitrogen and oxygen atoms in total. The second kappa shape index (κ2) is 8.84. The van der Waals surface area contributed by atoms with Crippen molar-refractivity contribution in [3.63, 3.8) is 0 Å². The van der Waals surface area contributed by atoms with Gasteiger partial charge < -0.3 is 19.5 Å². The summed E-state index contributed by atoms with van der Waals surface area (Å²) >= 11 is 0. The minimum atomic E-state index is -0.475. The molecular weight excluding hydrogens is 302 g/mol. The molecular formula is C20H33NO3. The number of hydrogen-bond donors (Lipinski definition) is 1. The Morgan fingerprint density at radius 2 is 1.83 bits per heavy atom. The first kappa shape index (κ1) is 19.2. The highest BCUT2D eigenvalue weighted by Crippen LogP contribution is 2.24. The van der Waals surface area contributed by atoms with Crippen molar-refractivity contribution in [1.82, 2.24) is 4.90 Å². The van der Waals surface area contributed by atoms with E-state index in [2.05, 4.69) is 44.9 Å². The zero-order valence-electron chi connectivity index (χ0n) is 15.6. The fourth-order valence-corrected chi connectivity index (χ4v) is 3.10. The summed E-state index contributed by atoms with van der Waals surface area (Å²) in [7, 11) is 2.07. The summed E-state index contributed by atoms with van der Waals surface area (Å²) in [6.45, 7) is 10.3. The standard InChI is InChI=1S/C20H33NO3/c1-20(2,3)17-5-7-19(8-6-17)24-15-18(22)14-21(4)13-16-9-11-23-12-10-16/h5-8,16,18,22H,9-15H2,1-4H3. The van der Waals surface area contributed by atoms with Gasteiger partial charge in [-0.1, -0.05) is 32.9 Å². The Kier molecular flexibility index (Phi) is 7.08. The molecule has 1 aromatic rings. The summed E-state index contributed by atoms with van der Waals surface area (Å²) in [6, 6.07) is 8.16. The van der Waals surface area contributed by atoms with Gasteiger partial charge in [0, 0.05) is 26.3 Å². The second-order valence-electron chi connectivity index (χ2n) is 8.02. The molecule has 1 N–H and O–H groups in total. The van der Waals surface area contributed by atoms with E-state index in [4.69, 9.17) is 9.47 Å². The molecule has 1 atom stereocenters. The summed E-state index contributed by atoms with van der Waals surface area (Å²) in [5, 5.41) is 10.2. The van der Waals surface area contributed by atoms with Crippen molar-refractivity contribution in [3.05, 3.63) is 29.8 Å². The Morgan fingerprint density at radius 3 is 2.42 bits per heavy atom. The number of ether oxygens (including phenoxy) is 2. The Labute approximate surface area is 146 Å². The summed E-state index contributed by atoms with van der Waals surface area (Å²) in [6.07, 6.45) is 1.77. The summed E-state index contributed by atoms with van der Waals surface area (Å²) in [5.74, 6) is 1.50. The van der Waals surface area contributed by atoms with Crippen LogP contribution in [0.25, 0.3) is 0 Å². The highest BCUT2D eigenvalue weighted by Gasteiger charge is 2.18. The Balaban J connectivity index is 1.71. The molecule has 1 aliphatic rings. The van der Waals surface area contributed by atoms with Gasteiger partial charge in [-0.05, 0) is 48.9 Å². The first-order valence-electron chi connectivity index (χ1n) is 9.02. The average Bonchev–Trinajstić information content (AvgIpc) is 2.53. The van der Waals surface area contributed by atoms with Crippen LogP contribution in [0.15, 0.2) is 24.3 Å². The molecule has 1 aliphatic heterocycles. The lowest BCUT2D eigenvalue weighted by molar-refractivity contribution is 0.0399. The number of aliphatic hydroxyl groups is 1. The SMILES string of the molecule is CN(CC(O)COc1ccc(C(C)(C)C)cc1)CC1CCOCC1. The maximum Gasteiger partial charge on any atom is 0.119 e. The fraction of sp³-hybridized carbons (Fsp3) is 0.700. The van der Waals surface area contributed by atoms with Gasteiger partial charge in [0.2, 0.25) is 0 Å². The van der Waals surface area contributed by atoms with E-state index in [1.807, 2.05) is 12.1 Å². The third kappa shape index (κ3) is 6.42. The lowest BCUT2D eigenvalue weighted by Crippen LogP contribution is -2.37. The topological polar surface area (TPSA) is 41.9 Å². The molecule has 24 heavy (non-hydrogen) atoms. The number of benzene rings is 1. The molecule has 1 saturated heterocycles. The highest BCUT2D eigenvalue weighted by molar-refractivity contribution is 5.31. The van der Waals surface area contributed by atoms with E-state index in [1.165, 1.54) is 5.56 Å². The molecule has 0 spiro atoms. The summed E-state index contributed by atoms with van der Waals surface area (Å²) < 4.78 is 11.1. The van der Waals surface area contributed by atoms with Gasteiger partial charge in [0.15, 0.2) is 0 Å². The molecule has 1 fully saturated rings. The van der Waals surface area contributed by atoms with Crippen molar-refractivity contribution in [2.45, 2.75) is 45.1 Å². The Hall–Kier alpha value is -1.10. The number of rotatable bonds is 7. The van der Waals surface area contributed by atoms with Crippen LogP contribution >= 0.6 is 0 Å². The molecule has 0 saturated carbocycles. The minimum absolute atomic E-state index is 0.144. The van der Waals surface area contributed by atoms with Crippen molar-refractivity contribution in [2.75, 3.05) is 40.0 Å². The van der Waals surface area contributed by atoms with Crippen LogP contribution in [0.5, 0.6) is 5.75 Å². The number of nitrogens with zero attached hydrogens (tertiary/aromatic N) is 1. The van der Waals surface area contributed by atoms with E-state index in [-0.39, 0.29) is 5.41 Å². The first-order chi connectivity index (χ1) is 11.3. The normalized spacial score (nSPS) is 17.9. The molecule has 136 valence electrons. The predicted octanol–water partition coefficient (Wildman–Crippen LogP) is 3.08. The lowest BCUT2D eigenvalue weighted by Gasteiger charge is -2.28. The van der Waals surface area contributed by atoms with Gasteiger partial charge in [-0.15, -0.1) is 0 Å². The molecule has 0 aliphatic carbocycles.